The van der Waals surface area contributed by atoms with Crippen molar-refractivity contribution in [2.75, 3.05) is 6.61 Å². The summed E-state index contributed by atoms with van der Waals surface area (Å²) in [6, 6.07) is 15.2. The molecule has 0 amide bonds. The first-order valence-corrected chi connectivity index (χ1v) is 7.59. The average molecular weight is 317 g/mol. The smallest absolute Gasteiger partial charge is 0.135 e. The zero-order chi connectivity index (χ0) is 15.4. The molecule has 114 valence electrons. The van der Waals surface area contributed by atoms with E-state index >= 15 is 0 Å². The number of aliphatic hydroxyl groups excluding tert-OH is 1. The Morgan fingerprint density at radius 2 is 1.86 bits per heavy atom. The minimum absolute atomic E-state index is 0.0628. The van der Waals surface area contributed by atoms with Gasteiger partial charge in [-0.1, -0.05) is 23.7 Å². The van der Waals surface area contributed by atoms with Gasteiger partial charge in [-0.3, -0.25) is 0 Å². The van der Waals surface area contributed by atoms with E-state index in [1.54, 1.807) is 0 Å². The third kappa shape index (κ3) is 3.24. The number of benzene rings is 2. The van der Waals surface area contributed by atoms with Gasteiger partial charge in [0.1, 0.15) is 18.2 Å². The van der Waals surface area contributed by atoms with Gasteiger partial charge < -0.3 is 14.4 Å². The first-order chi connectivity index (χ1) is 10.8. The van der Waals surface area contributed by atoms with Crippen molar-refractivity contribution in [2.45, 2.75) is 19.6 Å². The monoisotopic (exact) mass is 316 g/mol. The molecule has 0 aliphatic rings. The number of aryl methyl sites for hydroxylation is 1. The number of imidazole rings is 1. The van der Waals surface area contributed by atoms with Crippen LogP contribution in [0.5, 0.6) is 5.75 Å². The Bertz CT molecular complexity index is 753. The van der Waals surface area contributed by atoms with Gasteiger partial charge >= 0.3 is 0 Å². The van der Waals surface area contributed by atoms with E-state index in [0.29, 0.717) is 17.5 Å². The van der Waals surface area contributed by atoms with E-state index < -0.39 is 0 Å². The Hall–Kier alpha value is -2.04. The minimum Gasteiger partial charge on any atom is -0.494 e. The number of para-hydroxylation sites is 2. The maximum atomic E-state index is 9.45. The van der Waals surface area contributed by atoms with Crippen LogP contribution < -0.4 is 4.74 Å². The summed E-state index contributed by atoms with van der Waals surface area (Å²) < 4.78 is 7.73. The molecule has 0 spiro atoms. The van der Waals surface area contributed by atoms with Gasteiger partial charge in [0.25, 0.3) is 0 Å². The van der Waals surface area contributed by atoms with Crippen molar-refractivity contribution in [3.05, 3.63) is 59.4 Å². The highest BCUT2D eigenvalue weighted by Gasteiger charge is 2.08. The highest BCUT2D eigenvalue weighted by molar-refractivity contribution is 6.30. The van der Waals surface area contributed by atoms with Crippen LogP contribution in [0.25, 0.3) is 11.0 Å². The fourth-order valence-electron chi connectivity index (χ4n) is 2.44. The Kier molecular flexibility index (Phi) is 4.61. The summed E-state index contributed by atoms with van der Waals surface area (Å²) in [6.07, 6.45) is 0.829. The Labute approximate surface area is 133 Å². The first kappa shape index (κ1) is 14.9. The summed E-state index contributed by atoms with van der Waals surface area (Å²) in [7, 11) is 0. The van der Waals surface area contributed by atoms with E-state index in [4.69, 9.17) is 16.3 Å². The second-order valence-electron chi connectivity index (χ2n) is 4.98. The molecule has 3 rings (SSSR count). The SMILES string of the molecule is OCc1nc2ccccc2n1CCCOc1ccc(Cl)cc1. The highest BCUT2D eigenvalue weighted by Crippen LogP contribution is 2.18. The Balaban J connectivity index is 1.63. The maximum Gasteiger partial charge on any atom is 0.135 e. The van der Waals surface area contributed by atoms with Gasteiger partial charge in [-0.2, -0.15) is 0 Å². The molecule has 1 heterocycles. The van der Waals surface area contributed by atoms with Crippen molar-refractivity contribution in [3.8, 4) is 5.75 Å². The molecule has 0 bridgehead atoms. The highest BCUT2D eigenvalue weighted by atomic mass is 35.5. The minimum atomic E-state index is -0.0628. The van der Waals surface area contributed by atoms with Crippen LogP contribution in [0.4, 0.5) is 0 Å². The Morgan fingerprint density at radius 1 is 1.09 bits per heavy atom. The second-order valence-corrected chi connectivity index (χ2v) is 5.42. The number of ether oxygens (including phenoxy) is 1. The largest absolute Gasteiger partial charge is 0.494 e. The molecular weight excluding hydrogens is 300 g/mol. The van der Waals surface area contributed by atoms with Crippen LogP contribution in [-0.2, 0) is 13.2 Å². The van der Waals surface area contributed by atoms with Crippen LogP contribution in [0.2, 0.25) is 5.02 Å². The normalized spacial score (nSPS) is 11.0. The van der Waals surface area contributed by atoms with Crippen LogP contribution in [0.15, 0.2) is 48.5 Å². The lowest BCUT2D eigenvalue weighted by atomic mass is 10.3. The van der Waals surface area contributed by atoms with E-state index in [-0.39, 0.29) is 6.61 Å². The topological polar surface area (TPSA) is 47.3 Å². The number of halogens is 1. The summed E-state index contributed by atoms with van der Waals surface area (Å²) >= 11 is 5.84. The molecule has 22 heavy (non-hydrogen) atoms. The molecule has 0 saturated heterocycles. The fraction of sp³-hybridized carbons (Fsp3) is 0.235. The molecule has 0 unspecified atom stereocenters. The summed E-state index contributed by atoms with van der Waals surface area (Å²) in [5.41, 5.74) is 1.95. The predicted molar refractivity (Wildman–Crippen MR) is 87.2 cm³/mol. The second kappa shape index (κ2) is 6.81. The molecule has 1 aromatic heterocycles. The van der Waals surface area contributed by atoms with Gasteiger partial charge in [-0.15, -0.1) is 0 Å². The van der Waals surface area contributed by atoms with Crippen LogP contribution in [0, 0.1) is 0 Å². The van der Waals surface area contributed by atoms with Crippen LogP contribution in [0.3, 0.4) is 0 Å². The van der Waals surface area contributed by atoms with E-state index in [2.05, 4.69) is 4.98 Å². The molecule has 0 radical (unpaired) electrons. The van der Waals surface area contributed by atoms with E-state index in [1.165, 1.54) is 0 Å². The molecule has 3 aromatic rings. The van der Waals surface area contributed by atoms with Gasteiger partial charge in [-0.05, 0) is 42.8 Å². The number of aromatic nitrogens is 2. The van der Waals surface area contributed by atoms with Crippen molar-refractivity contribution in [2.24, 2.45) is 0 Å². The van der Waals surface area contributed by atoms with Crippen LogP contribution >= 0.6 is 11.6 Å². The standard InChI is InChI=1S/C17H17ClN2O2/c18-13-6-8-14(9-7-13)22-11-3-10-20-16-5-2-1-4-15(16)19-17(20)12-21/h1-2,4-9,21H,3,10-12H2. The number of nitrogens with zero attached hydrogens (tertiary/aromatic N) is 2. The van der Waals surface area contributed by atoms with Crippen molar-refractivity contribution in [3.63, 3.8) is 0 Å². The molecule has 1 N–H and O–H groups in total. The van der Waals surface area contributed by atoms with Crippen LogP contribution in [0.1, 0.15) is 12.2 Å². The lowest BCUT2D eigenvalue weighted by Gasteiger charge is -2.09. The average Bonchev–Trinajstić information content (AvgIpc) is 2.91. The Morgan fingerprint density at radius 3 is 2.64 bits per heavy atom. The molecule has 4 nitrogen and oxygen atoms in total. The van der Waals surface area contributed by atoms with Crippen LogP contribution in [-0.4, -0.2) is 21.3 Å². The molecule has 0 saturated carbocycles. The molecule has 5 heteroatoms. The molecule has 0 aliphatic heterocycles. The lowest BCUT2D eigenvalue weighted by molar-refractivity contribution is 0.261. The van der Waals surface area contributed by atoms with Crippen molar-refractivity contribution in [1.82, 2.24) is 9.55 Å². The summed E-state index contributed by atoms with van der Waals surface area (Å²) in [4.78, 5) is 4.44. The first-order valence-electron chi connectivity index (χ1n) is 7.21. The third-order valence-corrected chi connectivity index (χ3v) is 3.74. The van der Waals surface area contributed by atoms with Gasteiger partial charge in [-0.25, -0.2) is 4.98 Å². The lowest BCUT2D eigenvalue weighted by Crippen LogP contribution is -2.08. The van der Waals surface area contributed by atoms with E-state index in [0.717, 1.165) is 29.7 Å². The summed E-state index contributed by atoms with van der Waals surface area (Å²) in [6.45, 7) is 1.29. The fourth-order valence-corrected chi connectivity index (χ4v) is 2.57. The molecular formula is C17H17ClN2O2. The van der Waals surface area contributed by atoms with Gasteiger partial charge in [0, 0.05) is 11.6 Å². The number of fused-ring (bicyclic) bond motifs is 1. The number of hydrogen-bond acceptors (Lipinski definition) is 3. The summed E-state index contributed by atoms with van der Waals surface area (Å²) in [5.74, 6) is 1.50. The third-order valence-electron chi connectivity index (χ3n) is 3.48. The zero-order valence-corrected chi connectivity index (χ0v) is 12.8. The molecule has 0 atom stereocenters. The quantitative estimate of drug-likeness (QED) is 0.706. The van der Waals surface area contributed by atoms with Gasteiger partial charge in [0.15, 0.2) is 0 Å². The van der Waals surface area contributed by atoms with E-state index in [9.17, 15) is 5.11 Å². The number of rotatable bonds is 6. The zero-order valence-electron chi connectivity index (χ0n) is 12.1. The van der Waals surface area contributed by atoms with Crippen molar-refractivity contribution < 1.29 is 9.84 Å². The molecule has 0 aliphatic carbocycles. The van der Waals surface area contributed by atoms with Gasteiger partial charge in [0.05, 0.1) is 17.6 Å². The number of aliphatic hydroxyl groups is 1. The number of hydrogen-bond donors (Lipinski definition) is 1. The molecule has 2 aromatic carbocycles. The van der Waals surface area contributed by atoms with E-state index in [1.807, 2.05) is 53.1 Å². The van der Waals surface area contributed by atoms with Crippen molar-refractivity contribution >= 4 is 22.6 Å². The predicted octanol–water partition coefficient (Wildman–Crippen LogP) is 3.65. The maximum absolute atomic E-state index is 9.45. The van der Waals surface area contributed by atoms with Gasteiger partial charge in [0.2, 0.25) is 0 Å². The summed E-state index contributed by atoms with van der Waals surface area (Å²) in [5, 5.41) is 10.2. The molecule has 0 fully saturated rings. The van der Waals surface area contributed by atoms with Crippen molar-refractivity contribution in [1.29, 1.82) is 0 Å².